The number of aromatic amines is 1. The van der Waals surface area contributed by atoms with E-state index < -0.39 is 5.91 Å². The van der Waals surface area contributed by atoms with Gasteiger partial charge in [-0.05, 0) is 29.0 Å². The fraction of sp³-hybridized carbons (Fsp3) is 0.188. The summed E-state index contributed by atoms with van der Waals surface area (Å²) in [6.45, 7) is 2.64. The highest BCUT2D eigenvalue weighted by atomic mass is 32.1. The van der Waals surface area contributed by atoms with Gasteiger partial charge in [0.2, 0.25) is 5.82 Å². The van der Waals surface area contributed by atoms with Crippen LogP contribution in [0.25, 0.3) is 10.2 Å². The van der Waals surface area contributed by atoms with E-state index in [9.17, 15) is 9.59 Å². The van der Waals surface area contributed by atoms with Crippen LogP contribution in [0.4, 0.5) is 0 Å². The van der Waals surface area contributed by atoms with Gasteiger partial charge in [-0.15, -0.1) is 11.3 Å². The van der Waals surface area contributed by atoms with Crippen LogP contribution in [0.2, 0.25) is 0 Å². The normalized spacial score (nSPS) is 10.9. The van der Waals surface area contributed by atoms with Crippen molar-refractivity contribution in [3.8, 4) is 0 Å². The molecule has 0 spiro atoms. The Morgan fingerprint density at radius 2 is 2.17 bits per heavy atom. The number of nitrogens with zero attached hydrogens (tertiary/aromatic N) is 1. The van der Waals surface area contributed by atoms with Gasteiger partial charge in [-0.1, -0.05) is 24.3 Å². The Morgan fingerprint density at radius 1 is 1.39 bits per heavy atom. The third kappa shape index (κ3) is 3.15. The molecule has 0 saturated carbocycles. The van der Waals surface area contributed by atoms with Gasteiger partial charge in [-0.25, -0.2) is 4.98 Å². The van der Waals surface area contributed by atoms with Crippen LogP contribution in [0.15, 0.2) is 34.4 Å². The third-order valence-electron chi connectivity index (χ3n) is 3.52. The van der Waals surface area contributed by atoms with Gasteiger partial charge in [-0.3, -0.25) is 9.59 Å². The maximum atomic E-state index is 12.2. The summed E-state index contributed by atoms with van der Waals surface area (Å²) in [6.07, 6.45) is 0. The van der Waals surface area contributed by atoms with E-state index in [2.05, 4.69) is 15.3 Å². The molecule has 1 aromatic carbocycles. The van der Waals surface area contributed by atoms with Crippen LogP contribution in [0, 0.1) is 6.92 Å². The molecule has 0 saturated heterocycles. The molecule has 1 amide bonds. The summed E-state index contributed by atoms with van der Waals surface area (Å²) in [5.41, 5.74) is 8.12. The molecule has 0 aliphatic rings. The molecule has 23 heavy (non-hydrogen) atoms. The number of aryl methyl sites for hydroxylation is 1. The molecule has 6 nitrogen and oxygen atoms in total. The maximum absolute atomic E-state index is 12.2. The van der Waals surface area contributed by atoms with Crippen LogP contribution < -0.4 is 16.6 Å². The monoisotopic (exact) mass is 328 g/mol. The van der Waals surface area contributed by atoms with E-state index in [0.717, 1.165) is 16.7 Å². The molecule has 0 fully saturated rings. The Kier molecular flexibility index (Phi) is 4.22. The standard InChI is InChI=1S/C16H16N4O2S/c1-9-8-23-16-12(9)14(21)19-13(20-16)15(22)18-7-11-4-2-3-10(5-11)6-17/h2-5,8H,6-7,17H2,1H3,(H,18,22)(H,19,20,21). The number of nitrogens with one attached hydrogen (secondary N) is 2. The number of benzene rings is 1. The lowest BCUT2D eigenvalue weighted by atomic mass is 10.1. The second-order valence-corrected chi connectivity index (χ2v) is 6.08. The largest absolute Gasteiger partial charge is 0.345 e. The zero-order chi connectivity index (χ0) is 16.4. The zero-order valence-electron chi connectivity index (χ0n) is 12.6. The van der Waals surface area contributed by atoms with Gasteiger partial charge in [0.05, 0.1) is 5.39 Å². The fourth-order valence-corrected chi connectivity index (χ4v) is 3.25. The number of rotatable bonds is 4. The second kappa shape index (κ2) is 6.31. The van der Waals surface area contributed by atoms with E-state index in [1.165, 1.54) is 11.3 Å². The average molecular weight is 328 g/mol. The number of H-pyrrole nitrogens is 1. The minimum atomic E-state index is -0.409. The summed E-state index contributed by atoms with van der Waals surface area (Å²) in [7, 11) is 0. The van der Waals surface area contributed by atoms with E-state index in [1.807, 2.05) is 36.6 Å². The number of carbonyl (C=O) groups is 1. The van der Waals surface area contributed by atoms with Crippen molar-refractivity contribution in [1.82, 2.24) is 15.3 Å². The molecule has 0 aliphatic carbocycles. The predicted molar refractivity (Wildman–Crippen MR) is 90.5 cm³/mol. The lowest BCUT2D eigenvalue weighted by molar-refractivity contribution is 0.0940. The smallest absolute Gasteiger partial charge is 0.287 e. The van der Waals surface area contributed by atoms with Crippen LogP contribution in [0.1, 0.15) is 27.3 Å². The molecule has 3 aromatic rings. The molecule has 2 aromatic heterocycles. The van der Waals surface area contributed by atoms with Crippen molar-refractivity contribution >= 4 is 27.5 Å². The highest BCUT2D eigenvalue weighted by Gasteiger charge is 2.13. The Balaban J connectivity index is 1.79. The number of fused-ring (bicyclic) bond motifs is 1. The molecule has 2 heterocycles. The predicted octanol–water partition coefficient (Wildman–Crippen LogP) is 1.68. The second-order valence-electron chi connectivity index (χ2n) is 5.22. The van der Waals surface area contributed by atoms with Crippen molar-refractivity contribution in [2.24, 2.45) is 5.73 Å². The van der Waals surface area contributed by atoms with Crippen molar-refractivity contribution in [2.75, 3.05) is 0 Å². The number of nitrogens with two attached hydrogens (primary N) is 1. The van der Waals surface area contributed by atoms with Gasteiger partial charge < -0.3 is 16.0 Å². The lowest BCUT2D eigenvalue weighted by Crippen LogP contribution is -2.27. The highest BCUT2D eigenvalue weighted by Crippen LogP contribution is 2.19. The molecule has 0 unspecified atom stereocenters. The summed E-state index contributed by atoms with van der Waals surface area (Å²) in [6, 6.07) is 7.66. The van der Waals surface area contributed by atoms with Gasteiger partial charge in [0, 0.05) is 13.1 Å². The Labute approximate surface area is 136 Å². The number of thiophene rings is 1. The van der Waals surface area contributed by atoms with E-state index in [0.29, 0.717) is 23.3 Å². The number of hydrogen-bond donors (Lipinski definition) is 3. The van der Waals surface area contributed by atoms with Crippen molar-refractivity contribution in [2.45, 2.75) is 20.0 Å². The van der Waals surface area contributed by atoms with Gasteiger partial charge in [0.15, 0.2) is 0 Å². The molecular weight excluding hydrogens is 312 g/mol. The van der Waals surface area contributed by atoms with Crippen LogP contribution in [0.5, 0.6) is 0 Å². The SMILES string of the molecule is Cc1csc2nc(C(=O)NCc3cccc(CN)c3)[nH]c(=O)c12. The summed E-state index contributed by atoms with van der Waals surface area (Å²) < 4.78 is 0. The van der Waals surface area contributed by atoms with Gasteiger partial charge >= 0.3 is 0 Å². The summed E-state index contributed by atoms with van der Waals surface area (Å²) >= 11 is 1.35. The summed E-state index contributed by atoms with van der Waals surface area (Å²) in [5, 5.41) is 5.16. The Hall–Kier alpha value is -2.51. The molecule has 3 rings (SSSR count). The average Bonchev–Trinajstić information content (AvgIpc) is 2.94. The first-order valence-electron chi connectivity index (χ1n) is 7.12. The number of amides is 1. The van der Waals surface area contributed by atoms with E-state index in [1.54, 1.807) is 0 Å². The van der Waals surface area contributed by atoms with Crippen molar-refractivity contribution in [1.29, 1.82) is 0 Å². The molecule has 0 atom stereocenters. The highest BCUT2D eigenvalue weighted by molar-refractivity contribution is 7.16. The number of hydrogen-bond acceptors (Lipinski definition) is 5. The van der Waals surface area contributed by atoms with Crippen LogP contribution >= 0.6 is 11.3 Å². The van der Waals surface area contributed by atoms with Crippen LogP contribution in [-0.4, -0.2) is 15.9 Å². The van der Waals surface area contributed by atoms with E-state index >= 15 is 0 Å². The van der Waals surface area contributed by atoms with Crippen molar-refractivity contribution < 1.29 is 4.79 Å². The zero-order valence-corrected chi connectivity index (χ0v) is 13.4. The Morgan fingerprint density at radius 3 is 2.96 bits per heavy atom. The van der Waals surface area contributed by atoms with Gasteiger partial charge in [0.25, 0.3) is 11.5 Å². The Bertz CT molecular complexity index is 929. The first-order chi connectivity index (χ1) is 11.1. The fourth-order valence-electron chi connectivity index (χ4n) is 2.33. The van der Waals surface area contributed by atoms with E-state index in [4.69, 9.17) is 5.73 Å². The molecule has 0 radical (unpaired) electrons. The first-order valence-corrected chi connectivity index (χ1v) is 8.00. The quantitative estimate of drug-likeness (QED) is 0.678. The number of aromatic nitrogens is 2. The molecule has 118 valence electrons. The maximum Gasteiger partial charge on any atom is 0.287 e. The first kappa shape index (κ1) is 15.4. The lowest BCUT2D eigenvalue weighted by Gasteiger charge is -2.06. The minimum Gasteiger partial charge on any atom is -0.345 e. The van der Waals surface area contributed by atoms with Crippen LogP contribution in [0.3, 0.4) is 0 Å². The van der Waals surface area contributed by atoms with Gasteiger partial charge in [0.1, 0.15) is 4.83 Å². The van der Waals surface area contributed by atoms with E-state index in [-0.39, 0.29) is 11.4 Å². The van der Waals surface area contributed by atoms with Crippen molar-refractivity contribution in [3.63, 3.8) is 0 Å². The third-order valence-corrected chi connectivity index (χ3v) is 4.51. The molecule has 7 heteroatoms. The number of carbonyl (C=O) groups excluding carboxylic acids is 1. The van der Waals surface area contributed by atoms with Crippen molar-refractivity contribution in [3.05, 3.63) is 62.5 Å². The molecule has 0 aliphatic heterocycles. The van der Waals surface area contributed by atoms with Gasteiger partial charge in [-0.2, -0.15) is 0 Å². The molecule has 0 bridgehead atoms. The molecule has 4 N–H and O–H groups in total. The minimum absolute atomic E-state index is 0.0272. The molecular formula is C16H16N4O2S. The van der Waals surface area contributed by atoms with Crippen LogP contribution in [-0.2, 0) is 13.1 Å². The topological polar surface area (TPSA) is 101 Å². The summed E-state index contributed by atoms with van der Waals surface area (Å²) in [5.74, 6) is -0.382. The summed E-state index contributed by atoms with van der Waals surface area (Å²) in [4.78, 5) is 31.6.